The van der Waals surface area contributed by atoms with E-state index in [4.69, 9.17) is 5.11 Å². The minimum absolute atomic E-state index is 0.0481. The molecule has 0 aromatic heterocycles. The van der Waals surface area contributed by atoms with Crippen LogP contribution in [0.5, 0.6) is 11.5 Å². The molecule has 4 N–H and O–H groups in total. The lowest BCUT2D eigenvalue weighted by Gasteiger charge is -2.04. The number of hydrogen-bond donors (Lipinski definition) is 4. The molecule has 0 unspecified atom stereocenters. The topological polar surface area (TPSA) is 80.9 Å². The molecule has 140 valence electrons. The van der Waals surface area contributed by atoms with Crippen LogP contribution in [0.1, 0.15) is 11.1 Å². The lowest BCUT2D eigenvalue weighted by atomic mass is 10.1. The van der Waals surface area contributed by atoms with Gasteiger partial charge in [-0.2, -0.15) is 0 Å². The highest BCUT2D eigenvalue weighted by Crippen LogP contribution is 2.32. The standard InChI is InChI=1S/C14H12O2.C10H8O2/c15-13(11-7-3-1-4-8-11)14(16)12-9-5-2-6-10-12;11-9-6-5-7-3-1-2-4-8(7)10(9)12/h1-10,15-16H;1-6,11-12H. The van der Waals surface area contributed by atoms with Crippen LogP contribution < -0.4 is 0 Å². The number of fused-ring (bicyclic) bond motifs is 1. The predicted molar refractivity (Wildman–Crippen MR) is 112 cm³/mol. The number of hydrogen-bond acceptors (Lipinski definition) is 4. The van der Waals surface area contributed by atoms with Crippen LogP contribution in [0.4, 0.5) is 0 Å². The summed E-state index contributed by atoms with van der Waals surface area (Å²) in [5, 5.41) is 39.9. The van der Waals surface area contributed by atoms with Crippen molar-refractivity contribution >= 4 is 22.3 Å². The number of aliphatic hydroxyl groups is 2. The second-order valence-electron chi connectivity index (χ2n) is 6.08. The molecule has 4 aromatic carbocycles. The molecule has 0 saturated heterocycles. The Morgan fingerprint density at radius 1 is 0.500 bits per heavy atom. The molecule has 0 amide bonds. The molecule has 0 aliphatic carbocycles. The first-order valence-corrected chi connectivity index (χ1v) is 8.70. The molecule has 0 spiro atoms. The maximum atomic E-state index is 9.87. The average molecular weight is 372 g/mol. The van der Waals surface area contributed by atoms with Gasteiger partial charge in [0.2, 0.25) is 0 Å². The molecule has 28 heavy (non-hydrogen) atoms. The summed E-state index contributed by atoms with van der Waals surface area (Å²) in [7, 11) is 0. The van der Waals surface area contributed by atoms with E-state index in [1.165, 1.54) is 6.07 Å². The van der Waals surface area contributed by atoms with Crippen molar-refractivity contribution in [2.45, 2.75) is 0 Å². The fraction of sp³-hybridized carbons (Fsp3) is 0. The van der Waals surface area contributed by atoms with Crippen LogP contribution in [0, 0.1) is 0 Å². The van der Waals surface area contributed by atoms with Crippen LogP contribution in [0.2, 0.25) is 0 Å². The zero-order chi connectivity index (χ0) is 19.9. The van der Waals surface area contributed by atoms with Crippen molar-refractivity contribution in [3.05, 3.63) is 108 Å². The Hall–Kier alpha value is -3.92. The largest absolute Gasteiger partial charge is 0.504 e. The SMILES string of the molecule is OC(=C(O)c1ccccc1)c1ccccc1.Oc1ccc2ccccc2c1O. The van der Waals surface area contributed by atoms with Gasteiger partial charge in [-0.3, -0.25) is 0 Å². The highest BCUT2D eigenvalue weighted by atomic mass is 16.3. The number of aromatic hydroxyl groups is 2. The average Bonchev–Trinajstić information content (AvgIpc) is 2.77. The lowest BCUT2D eigenvalue weighted by Crippen LogP contribution is -1.90. The Morgan fingerprint density at radius 3 is 1.50 bits per heavy atom. The third-order valence-corrected chi connectivity index (χ3v) is 4.20. The molecule has 0 fully saturated rings. The quantitative estimate of drug-likeness (QED) is 0.201. The van der Waals surface area contributed by atoms with Crippen molar-refractivity contribution < 1.29 is 20.4 Å². The van der Waals surface area contributed by atoms with E-state index < -0.39 is 0 Å². The minimum atomic E-state index is -0.105. The summed E-state index contributed by atoms with van der Waals surface area (Å²) in [5.41, 5.74) is 1.20. The summed E-state index contributed by atoms with van der Waals surface area (Å²) in [6, 6.07) is 28.5. The molecule has 0 saturated carbocycles. The van der Waals surface area contributed by atoms with Crippen molar-refractivity contribution in [1.29, 1.82) is 0 Å². The number of phenols is 2. The number of benzene rings is 4. The van der Waals surface area contributed by atoms with Gasteiger partial charge >= 0.3 is 0 Å². The van der Waals surface area contributed by atoms with E-state index >= 15 is 0 Å². The summed E-state index contributed by atoms with van der Waals surface area (Å²) in [4.78, 5) is 0. The van der Waals surface area contributed by atoms with Gasteiger partial charge in [0.1, 0.15) is 0 Å². The molecule has 0 atom stereocenters. The first kappa shape index (κ1) is 18.9. The van der Waals surface area contributed by atoms with E-state index in [0.29, 0.717) is 16.5 Å². The molecule has 0 heterocycles. The smallest absolute Gasteiger partial charge is 0.165 e. The first-order valence-electron chi connectivity index (χ1n) is 8.70. The van der Waals surface area contributed by atoms with Gasteiger partial charge in [-0.1, -0.05) is 91.0 Å². The summed E-state index contributed by atoms with van der Waals surface area (Å²) < 4.78 is 0. The van der Waals surface area contributed by atoms with Gasteiger partial charge in [0.05, 0.1) is 0 Å². The lowest BCUT2D eigenvalue weighted by molar-refractivity contribution is 0.408. The molecule has 4 aromatic rings. The second kappa shape index (κ2) is 8.64. The van der Waals surface area contributed by atoms with Crippen molar-refractivity contribution in [3.63, 3.8) is 0 Å². The van der Waals surface area contributed by atoms with Crippen LogP contribution in [0.15, 0.2) is 97.1 Å². The summed E-state index contributed by atoms with van der Waals surface area (Å²) >= 11 is 0. The van der Waals surface area contributed by atoms with E-state index in [0.717, 1.165) is 5.39 Å². The van der Waals surface area contributed by atoms with E-state index in [1.54, 1.807) is 36.4 Å². The van der Waals surface area contributed by atoms with Crippen LogP contribution in [-0.2, 0) is 0 Å². The Balaban J connectivity index is 0.000000167. The molecule has 0 aliphatic rings. The third kappa shape index (κ3) is 4.24. The Kier molecular flexibility index (Phi) is 5.82. The first-order chi connectivity index (χ1) is 13.6. The Bertz CT molecular complexity index is 1040. The van der Waals surface area contributed by atoms with Crippen LogP contribution in [0.25, 0.3) is 22.3 Å². The number of phenolic OH excluding ortho intramolecular Hbond substituents is 2. The van der Waals surface area contributed by atoms with Crippen LogP contribution in [0.3, 0.4) is 0 Å². The molecule has 0 aliphatic heterocycles. The van der Waals surface area contributed by atoms with Gasteiger partial charge in [0, 0.05) is 16.5 Å². The monoisotopic (exact) mass is 372 g/mol. The van der Waals surface area contributed by atoms with E-state index in [2.05, 4.69) is 0 Å². The zero-order valence-electron chi connectivity index (χ0n) is 15.0. The van der Waals surface area contributed by atoms with Crippen molar-refractivity contribution in [1.82, 2.24) is 0 Å². The number of rotatable bonds is 2. The third-order valence-electron chi connectivity index (χ3n) is 4.20. The number of aliphatic hydroxyl groups excluding tert-OH is 2. The van der Waals surface area contributed by atoms with Gasteiger partial charge in [0.15, 0.2) is 23.0 Å². The summed E-state index contributed by atoms with van der Waals surface area (Å²) in [6.45, 7) is 0. The molecule has 4 heteroatoms. The maximum absolute atomic E-state index is 9.87. The molecular formula is C24H20O4. The molecule has 0 radical (unpaired) electrons. The molecular weight excluding hydrogens is 352 g/mol. The zero-order valence-corrected chi connectivity index (χ0v) is 15.0. The maximum Gasteiger partial charge on any atom is 0.165 e. The molecule has 4 rings (SSSR count). The normalized spacial score (nSPS) is 11.3. The van der Waals surface area contributed by atoms with Gasteiger partial charge in [-0.05, 0) is 11.5 Å². The minimum Gasteiger partial charge on any atom is -0.504 e. The predicted octanol–water partition coefficient (Wildman–Crippen LogP) is 5.88. The highest BCUT2D eigenvalue weighted by Gasteiger charge is 2.07. The molecule has 4 nitrogen and oxygen atoms in total. The second-order valence-corrected chi connectivity index (χ2v) is 6.08. The van der Waals surface area contributed by atoms with Gasteiger partial charge < -0.3 is 20.4 Å². The highest BCUT2D eigenvalue weighted by molar-refractivity contribution is 5.90. The fourth-order valence-corrected chi connectivity index (χ4v) is 2.71. The van der Waals surface area contributed by atoms with E-state index in [-0.39, 0.29) is 23.0 Å². The van der Waals surface area contributed by atoms with E-state index in [9.17, 15) is 15.3 Å². The Morgan fingerprint density at radius 2 is 0.964 bits per heavy atom. The summed E-state index contributed by atoms with van der Waals surface area (Å²) in [5.74, 6) is -0.333. The van der Waals surface area contributed by atoms with Gasteiger partial charge in [-0.15, -0.1) is 0 Å². The molecule has 0 bridgehead atoms. The van der Waals surface area contributed by atoms with Crippen molar-refractivity contribution in [2.24, 2.45) is 0 Å². The van der Waals surface area contributed by atoms with Gasteiger partial charge in [-0.25, -0.2) is 0 Å². The van der Waals surface area contributed by atoms with Gasteiger partial charge in [0.25, 0.3) is 0 Å². The van der Waals surface area contributed by atoms with Crippen molar-refractivity contribution in [2.75, 3.05) is 0 Å². The van der Waals surface area contributed by atoms with Crippen LogP contribution >= 0.6 is 0 Å². The fourth-order valence-electron chi connectivity index (χ4n) is 2.71. The summed E-state index contributed by atoms with van der Waals surface area (Å²) in [6.07, 6.45) is 0. The Labute approximate surface area is 162 Å². The van der Waals surface area contributed by atoms with E-state index in [1.807, 2.05) is 54.6 Å². The van der Waals surface area contributed by atoms with Crippen molar-refractivity contribution in [3.8, 4) is 11.5 Å². The van der Waals surface area contributed by atoms with Crippen LogP contribution in [-0.4, -0.2) is 20.4 Å².